The lowest BCUT2D eigenvalue weighted by Crippen LogP contribution is -2.66. The van der Waals surface area contributed by atoms with E-state index in [2.05, 4.69) is 0 Å². The summed E-state index contributed by atoms with van der Waals surface area (Å²) in [4.78, 5) is 28.1. The van der Waals surface area contributed by atoms with Gasteiger partial charge in [-0.15, -0.1) is 0 Å². The number of phenolic OH excluding ortho intramolecular Hbond substituents is 4. The summed E-state index contributed by atoms with van der Waals surface area (Å²) in [5, 5.41) is 135. The van der Waals surface area contributed by atoms with Crippen LogP contribution in [-0.4, -0.2) is 178 Å². The Hall–Kier alpha value is -5.64. The predicted octanol–water partition coefficient (Wildman–Crippen LogP) is -2.24. The van der Waals surface area contributed by atoms with Gasteiger partial charge in [-0.2, -0.15) is 0 Å². The van der Waals surface area contributed by atoms with Crippen molar-refractivity contribution in [1.29, 1.82) is 0 Å². The van der Waals surface area contributed by atoms with Crippen LogP contribution < -0.4 is 14.9 Å². The molecule has 3 aliphatic heterocycles. The van der Waals surface area contributed by atoms with Gasteiger partial charge in [0.15, 0.2) is 29.7 Å². The molecule has 0 spiro atoms. The Morgan fingerprint density at radius 2 is 1.31 bits per heavy atom. The molecule has 4 aromatic rings. The maximum atomic E-state index is 14.6. The van der Waals surface area contributed by atoms with Crippen molar-refractivity contribution in [3.05, 3.63) is 76.5 Å². The second kappa shape index (κ2) is 19.4. The Morgan fingerprint density at radius 3 is 1.98 bits per heavy atom. The third-order valence-corrected chi connectivity index (χ3v) is 10.9. The molecule has 0 bridgehead atoms. The maximum absolute atomic E-state index is 14.6. The maximum Gasteiger partial charge on any atom is 0.331 e. The Labute approximate surface area is 365 Å². The van der Waals surface area contributed by atoms with Gasteiger partial charge in [-0.1, -0.05) is 6.07 Å². The Kier molecular flexibility index (Phi) is 14.2. The first kappa shape index (κ1) is 47.3. The van der Waals surface area contributed by atoms with Gasteiger partial charge in [0.2, 0.25) is 23.8 Å². The summed E-state index contributed by atoms with van der Waals surface area (Å²) in [5.41, 5.74) is -1.27. The summed E-state index contributed by atoms with van der Waals surface area (Å²) in [6.45, 7) is -0.466. The topological polar surface area (TPSA) is 375 Å². The predicted molar refractivity (Wildman–Crippen MR) is 214 cm³/mol. The lowest BCUT2D eigenvalue weighted by atomic mass is 9.96. The molecule has 3 aromatic carbocycles. The van der Waals surface area contributed by atoms with E-state index in [9.17, 15) is 76.0 Å². The number of fused-ring (bicyclic) bond motifs is 1. The van der Waals surface area contributed by atoms with E-state index < -0.39 is 151 Å². The number of ether oxygens (including phenoxy) is 7. The van der Waals surface area contributed by atoms with Crippen LogP contribution >= 0.6 is 0 Å². The zero-order valence-corrected chi connectivity index (χ0v) is 33.8. The van der Waals surface area contributed by atoms with Crippen molar-refractivity contribution in [2.24, 2.45) is 0 Å². The first-order valence-electron chi connectivity index (χ1n) is 19.9. The molecule has 23 heteroatoms. The molecule has 23 nitrogen and oxygen atoms in total. The van der Waals surface area contributed by atoms with Gasteiger partial charge in [-0.05, 0) is 55.0 Å². The summed E-state index contributed by atoms with van der Waals surface area (Å²) in [7, 11) is 0. The molecule has 13 N–H and O–H groups in total. The normalized spacial score (nSPS) is 32.9. The smallest absolute Gasteiger partial charge is 0.331 e. The fourth-order valence-corrected chi connectivity index (χ4v) is 7.33. The minimum atomic E-state index is -2.10. The van der Waals surface area contributed by atoms with Crippen molar-refractivity contribution < 1.29 is 109 Å². The van der Waals surface area contributed by atoms with E-state index >= 15 is 0 Å². The number of carbonyl (C=O) groups is 1. The minimum absolute atomic E-state index is 0.0388. The number of aliphatic hydroxyl groups excluding tert-OH is 9. The molecule has 15 atom stereocenters. The van der Waals surface area contributed by atoms with Gasteiger partial charge in [0.25, 0.3) is 0 Å². The zero-order valence-electron chi connectivity index (χ0n) is 33.8. The monoisotopic (exact) mass is 918 g/mol. The van der Waals surface area contributed by atoms with E-state index in [1.54, 1.807) is 0 Å². The molecule has 4 heterocycles. The molecule has 7 rings (SSSR count). The van der Waals surface area contributed by atoms with Crippen LogP contribution in [0, 0.1) is 0 Å². The highest BCUT2D eigenvalue weighted by Crippen LogP contribution is 2.40. The van der Waals surface area contributed by atoms with Gasteiger partial charge in [-0.3, -0.25) is 4.79 Å². The van der Waals surface area contributed by atoms with Crippen LogP contribution in [0.3, 0.4) is 0 Å². The number of benzene rings is 3. The quantitative estimate of drug-likeness (QED) is 0.0406. The van der Waals surface area contributed by atoms with Gasteiger partial charge in [0.05, 0.1) is 19.3 Å². The van der Waals surface area contributed by atoms with Crippen molar-refractivity contribution in [2.45, 2.75) is 99.0 Å². The molecule has 3 fully saturated rings. The molecule has 65 heavy (non-hydrogen) atoms. The Bertz CT molecular complexity index is 2400. The number of esters is 1. The van der Waals surface area contributed by atoms with Crippen LogP contribution in [0.4, 0.5) is 0 Å². The summed E-state index contributed by atoms with van der Waals surface area (Å²) in [5.74, 6) is -4.68. The van der Waals surface area contributed by atoms with E-state index in [1.807, 2.05) is 0 Å². The van der Waals surface area contributed by atoms with Crippen molar-refractivity contribution in [3.63, 3.8) is 0 Å². The van der Waals surface area contributed by atoms with E-state index in [0.717, 1.165) is 36.4 Å². The molecule has 0 amide bonds. The zero-order chi connectivity index (χ0) is 47.0. The average Bonchev–Trinajstić information content (AvgIpc) is 3.28. The largest absolute Gasteiger partial charge is 0.508 e. The minimum Gasteiger partial charge on any atom is -0.508 e. The molecule has 0 unspecified atom stereocenters. The van der Waals surface area contributed by atoms with Crippen LogP contribution in [0.2, 0.25) is 0 Å². The van der Waals surface area contributed by atoms with E-state index in [4.69, 9.17) is 37.6 Å². The van der Waals surface area contributed by atoms with Gasteiger partial charge in [0.1, 0.15) is 89.3 Å². The second-order valence-corrected chi connectivity index (χ2v) is 15.4. The van der Waals surface area contributed by atoms with Crippen molar-refractivity contribution >= 4 is 23.0 Å². The van der Waals surface area contributed by atoms with Crippen LogP contribution in [0.5, 0.6) is 34.5 Å². The summed E-state index contributed by atoms with van der Waals surface area (Å²) in [6.07, 6.45) is -24.7. The highest BCUT2D eigenvalue weighted by Gasteiger charge is 2.54. The second-order valence-electron chi connectivity index (χ2n) is 15.4. The molecular formula is C42H46O23. The Balaban J connectivity index is 1.31. The molecule has 3 saturated heterocycles. The number of hydrogen-bond acceptors (Lipinski definition) is 23. The summed E-state index contributed by atoms with van der Waals surface area (Å²) >= 11 is 0. The highest BCUT2D eigenvalue weighted by molar-refractivity contribution is 5.89. The fourth-order valence-electron chi connectivity index (χ4n) is 7.33. The van der Waals surface area contributed by atoms with E-state index in [0.29, 0.717) is 0 Å². The standard InChI is InChI=1S/C42H46O23/c1-15-28(50)32(54)34(56)40(58-15)59-19-11-22(48)27-23(12-19)60-36(17-4-6-18(45)7-5-17)38(31(27)53)65-42-39(63-26(49)9-3-16-2-8-20(46)21(47)10-16)37(30(52)25(14-44)62-42)64-41-35(57)33(55)29(51)24(13-43)61-41/h2-12,15,24-25,28-30,32-35,37,39-48,50-52,54-57H,13-14H2,1H3/b9-3+/t15-,24+,25-,28+,29-,30-,32+,33-,34-,35-,37+,39-,40+,41+,42+/m1/s1. The Morgan fingerprint density at radius 1 is 0.662 bits per heavy atom. The lowest BCUT2D eigenvalue weighted by Gasteiger charge is -2.46. The van der Waals surface area contributed by atoms with Crippen LogP contribution in [0.15, 0.2) is 69.9 Å². The average molecular weight is 919 g/mol. The number of phenols is 4. The van der Waals surface area contributed by atoms with Crippen LogP contribution in [0.25, 0.3) is 28.4 Å². The first-order valence-corrected chi connectivity index (χ1v) is 19.9. The number of rotatable bonds is 12. The highest BCUT2D eigenvalue weighted by atomic mass is 16.8. The fraction of sp³-hybridized carbons (Fsp3) is 0.429. The third-order valence-electron chi connectivity index (χ3n) is 10.9. The van der Waals surface area contributed by atoms with Crippen molar-refractivity contribution in [1.82, 2.24) is 0 Å². The summed E-state index contributed by atoms with van der Waals surface area (Å²) < 4.78 is 46.4. The molecule has 352 valence electrons. The van der Waals surface area contributed by atoms with Gasteiger partial charge in [0, 0.05) is 23.8 Å². The number of hydrogen-bond donors (Lipinski definition) is 13. The molecule has 0 aliphatic carbocycles. The first-order chi connectivity index (χ1) is 30.9. The van der Waals surface area contributed by atoms with Gasteiger partial charge < -0.3 is 104 Å². The SMILES string of the molecule is C[C@H]1O[C@@H](Oc2cc(O)c3c(=O)c(O[C@@H]4O[C@H](CO)[C@@H](O)[C@H](O[C@@H]5O[C@@H](CO)[C@@H](O)[C@@H](O)[C@H]5O)[C@H]4OC(=O)/C=C/c4ccc(O)c(O)c4)c(-c4ccc(O)cc4)oc3c2)[C@H](O)[C@@H](O)[C@H]1O. The number of carbonyl (C=O) groups excluding carboxylic acids is 1. The van der Waals surface area contributed by atoms with E-state index in [1.165, 1.54) is 37.3 Å². The number of aliphatic hydroxyl groups is 9. The van der Waals surface area contributed by atoms with Crippen LogP contribution in [-0.2, 0) is 28.5 Å². The number of aromatic hydroxyl groups is 4. The molecule has 3 aliphatic rings. The van der Waals surface area contributed by atoms with Gasteiger partial charge >= 0.3 is 5.97 Å². The van der Waals surface area contributed by atoms with Gasteiger partial charge in [-0.25, -0.2) is 4.79 Å². The van der Waals surface area contributed by atoms with Crippen LogP contribution in [0.1, 0.15) is 12.5 Å². The summed E-state index contributed by atoms with van der Waals surface area (Å²) in [6, 6.07) is 10.6. The lowest BCUT2D eigenvalue weighted by molar-refractivity contribution is -0.353. The molecule has 1 aromatic heterocycles. The third kappa shape index (κ3) is 9.68. The molecule has 0 radical (unpaired) electrons. The molecule has 0 saturated carbocycles. The van der Waals surface area contributed by atoms with Crippen molar-refractivity contribution in [3.8, 4) is 45.8 Å². The van der Waals surface area contributed by atoms with E-state index in [-0.39, 0.29) is 28.2 Å². The molecular weight excluding hydrogens is 872 g/mol. The van der Waals surface area contributed by atoms with Crippen molar-refractivity contribution in [2.75, 3.05) is 13.2 Å².